The molecule has 40 valence electrons. The Hall–Kier alpha value is -0.0400. The van der Waals surface area contributed by atoms with Gasteiger partial charge in [0.25, 0.3) is 0 Å². The van der Waals surface area contributed by atoms with E-state index in [1.807, 2.05) is 0 Å². The third kappa shape index (κ3) is 0.556. The fourth-order valence-corrected chi connectivity index (χ4v) is 1.38. The first-order valence-electron chi connectivity index (χ1n) is 3.12. The Morgan fingerprint density at radius 2 is 1.57 bits per heavy atom. The summed E-state index contributed by atoms with van der Waals surface area (Å²) < 4.78 is 5.28. The van der Waals surface area contributed by atoms with E-state index in [1.54, 1.807) is 0 Å². The monoisotopic (exact) mass is 98.1 g/mol. The predicted octanol–water partition coefficient (Wildman–Crippen LogP) is 1.33. The Kier molecular flexibility index (Phi) is 0.680. The van der Waals surface area contributed by atoms with Crippen LogP contribution in [-0.2, 0) is 4.74 Å². The molecule has 2 atom stereocenters. The van der Waals surface area contributed by atoms with E-state index in [2.05, 4.69) is 0 Å². The zero-order chi connectivity index (χ0) is 4.69. The van der Waals surface area contributed by atoms with Crippen LogP contribution >= 0.6 is 0 Å². The highest BCUT2D eigenvalue weighted by Crippen LogP contribution is 2.35. The Morgan fingerprint density at radius 3 is 2.00 bits per heavy atom. The van der Waals surface area contributed by atoms with Crippen molar-refractivity contribution < 1.29 is 4.74 Å². The van der Waals surface area contributed by atoms with Gasteiger partial charge in [0.2, 0.25) is 0 Å². The van der Waals surface area contributed by atoms with Crippen molar-refractivity contribution in [1.82, 2.24) is 0 Å². The van der Waals surface area contributed by atoms with Crippen molar-refractivity contribution >= 4 is 0 Å². The predicted molar refractivity (Wildman–Crippen MR) is 27.1 cm³/mol. The van der Waals surface area contributed by atoms with Crippen LogP contribution in [0.4, 0.5) is 0 Å². The molecule has 0 aromatic carbocycles. The van der Waals surface area contributed by atoms with Crippen molar-refractivity contribution in [2.45, 2.75) is 37.9 Å². The van der Waals surface area contributed by atoms with Crippen molar-refractivity contribution in [1.29, 1.82) is 0 Å². The van der Waals surface area contributed by atoms with Gasteiger partial charge in [0.1, 0.15) is 0 Å². The number of fused-ring (bicyclic) bond motifs is 1. The molecule has 0 aromatic rings. The van der Waals surface area contributed by atoms with Gasteiger partial charge >= 0.3 is 0 Å². The largest absolute Gasteiger partial charge is 0.370 e. The minimum atomic E-state index is 0.703. The Balaban J connectivity index is 1.95. The minimum absolute atomic E-state index is 0.703. The summed E-state index contributed by atoms with van der Waals surface area (Å²) in [5, 5.41) is 0. The van der Waals surface area contributed by atoms with Crippen LogP contribution in [0.3, 0.4) is 0 Å². The molecule has 1 heterocycles. The van der Waals surface area contributed by atoms with Crippen LogP contribution in [0.15, 0.2) is 0 Å². The van der Waals surface area contributed by atoms with Gasteiger partial charge in [0.15, 0.2) is 0 Å². The van der Waals surface area contributed by atoms with Gasteiger partial charge in [-0.3, -0.25) is 0 Å². The van der Waals surface area contributed by atoms with Gasteiger partial charge in [-0.2, -0.15) is 0 Å². The molecule has 0 spiro atoms. The molecule has 0 radical (unpaired) electrons. The third-order valence-corrected chi connectivity index (χ3v) is 1.91. The van der Waals surface area contributed by atoms with E-state index < -0.39 is 0 Å². The van der Waals surface area contributed by atoms with Gasteiger partial charge in [-0.05, 0) is 12.8 Å². The quantitative estimate of drug-likeness (QED) is 0.416. The first-order valence-corrected chi connectivity index (χ1v) is 3.12. The summed E-state index contributed by atoms with van der Waals surface area (Å²) in [7, 11) is 0. The molecule has 1 aliphatic carbocycles. The maximum atomic E-state index is 5.28. The van der Waals surface area contributed by atoms with Crippen molar-refractivity contribution in [3.8, 4) is 0 Å². The molecule has 0 N–H and O–H groups in total. The van der Waals surface area contributed by atoms with Crippen molar-refractivity contribution in [2.75, 3.05) is 0 Å². The van der Waals surface area contributed by atoms with Crippen LogP contribution in [0.25, 0.3) is 0 Å². The molecule has 0 bridgehead atoms. The van der Waals surface area contributed by atoms with Crippen LogP contribution < -0.4 is 0 Å². The van der Waals surface area contributed by atoms with E-state index in [-0.39, 0.29) is 0 Å². The third-order valence-electron chi connectivity index (χ3n) is 1.91. The van der Waals surface area contributed by atoms with E-state index in [1.165, 1.54) is 25.7 Å². The molecule has 1 heteroatoms. The van der Waals surface area contributed by atoms with Crippen LogP contribution in [0.5, 0.6) is 0 Å². The highest BCUT2D eigenvalue weighted by Gasteiger charge is 2.39. The van der Waals surface area contributed by atoms with Crippen LogP contribution in [0, 0.1) is 0 Å². The first-order chi connectivity index (χ1) is 3.47. The normalized spacial score (nSPS) is 48.0. The summed E-state index contributed by atoms with van der Waals surface area (Å²) in [6.07, 6.45) is 6.89. The Labute approximate surface area is 43.7 Å². The molecule has 0 aromatic heterocycles. The molecule has 0 amide bonds. The van der Waals surface area contributed by atoms with E-state index in [4.69, 9.17) is 4.74 Å². The van der Waals surface area contributed by atoms with Gasteiger partial charge in [0.05, 0.1) is 12.2 Å². The van der Waals surface area contributed by atoms with E-state index in [0.29, 0.717) is 12.2 Å². The highest BCUT2D eigenvalue weighted by molar-refractivity contribution is 4.87. The summed E-state index contributed by atoms with van der Waals surface area (Å²) >= 11 is 0. The smallest absolute Gasteiger partial charge is 0.0841 e. The number of hydrogen-bond donors (Lipinski definition) is 0. The van der Waals surface area contributed by atoms with Crippen LogP contribution in [0.1, 0.15) is 25.7 Å². The van der Waals surface area contributed by atoms with Crippen LogP contribution in [0.2, 0.25) is 0 Å². The fourth-order valence-electron chi connectivity index (χ4n) is 1.38. The number of ether oxygens (including phenoxy) is 1. The van der Waals surface area contributed by atoms with Crippen molar-refractivity contribution in [3.05, 3.63) is 0 Å². The van der Waals surface area contributed by atoms with Gasteiger partial charge in [0, 0.05) is 0 Å². The SMILES string of the molecule is C1CC[C@@H]2OC2C1. The Morgan fingerprint density at radius 1 is 1.00 bits per heavy atom. The molecule has 1 nitrogen and oxygen atoms in total. The van der Waals surface area contributed by atoms with Gasteiger partial charge in [-0.25, -0.2) is 0 Å². The number of rotatable bonds is 0. The fraction of sp³-hybridized carbons (Fsp3) is 1.00. The summed E-state index contributed by atoms with van der Waals surface area (Å²) in [5.74, 6) is 0. The second-order valence-corrected chi connectivity index (χ2v) is 2.50. The highest BCUT2D eigenvalue weighted by atomic mass is 16.6. The molecule has 1 aliphatic heterocycles. The molecular formula is C6H10O. The standard InChI is InChI=1S/C6H10O/c1-2-4-6-5(3-1)7-6/h5-6H,1-4H2/t5-,6?/m0/s1. The molecule has 7 heavy (non-hydrogen) atoms. The Bertz CT molecular complexity index is 70.2. The summed E-state index contributed by atoms with van der Waals surface area (Å²) in [6, 6.07) is 0. The molecule has 2 aliphatic rings. The average molecular weight is 98.1 g/mol. The van der Waals surface area contributed by atoms with Gasteiger partial charge < -0.3 is 4.74 Å². The summed E-state index contributed by atoms with van der Waals surface area (Å²) in [4.78, 5) is 0. The second-order valence-electron chi connectivity index (χ2n) is 2.50. The van der Waals surface area contributed by atoms with Crippen molar-refractivity contribution in [3.63, 3.8) is 0 Å². The van der Waals surface area contributed by atoms with Gasteiger partial charge in [-0.15, -0.1) is 0 Å². The van der Waals surface area contributed by atoms with Gasteiger partial charge in [-0.1, -0.05) is 12.8 Å². The maximum Gasteiger partial charge on any atom is 0.0841 e. The lowest BCUT2D eigenvalue weighted by Gasteiger charge is -2.00. The average Bonchev–Trinajstić information content (AvgIpc) is 2.41. The summed E-state index contributed by atoms with van der Waals surface area (Å²) in [6.45, 7) is 0. The van der Waals surface area contributed by atoms with Crippen molar-refractivity contribution in [2.24, 2.45) is 0 Å². The molecular weight excluding hydrogens is 88.1 g/mol. The molecule has 1 saturated heterocycles. The molecule has 2 rings (SSSR count). The first kappa shape index (κ1) is 3.90. The van der Waals surface area contributed by atoms with Crippen LogP contribution in [-0.4, -0.2) is 12.2 Å². The lowest BCUT2D eigenvalue weighted by Crippen LogP contribution is -2.00. The topological polar surface area (TPSA) is 12.5 Å². The zero-order valence-corrected chi connectivity index (χ0v) is 4.39. The van der Waals surface area contributed by atoms with E-state index >= 15 is 0 Å². The number of hydrogen-bond acceptors (Lipinski definition) is 1. The molecule has 2 fully saturated rings. The molecule has 1 unspecified atom stereocenters. The number of epoxide rings is 1. The minimum Gasteiger partial charge on any atom is -0.370 e. The molecule has 1 saturated carbocycles. The zero-order valence-electron chi connectivity index (χ0n) is 4.39. The maximum absolute atomic E-state index is 5.28. The van der Waals surface area contributed by atoms with E-state index in [0.717, 1.165) is 0 Å². The van der Waals surface area contributed by atoms with E-state index in [9.17, 15) is 0 Å². The second kappa shape index (κ2) is 1.22. The lowest BCUT2D eigenvalue weighted by molar-refractivity contribution is 0.373. The summed E-state index contributed by atoms with van der Waals surface area (Å²) in [5.41, 5.74) is 0. The lowest BCUT2D eigenvalue weighted by atomic mass is 10.0.